The Morgan fingerprint density at radius 1 is 0.800 bits per heavy atom. The zero-order valence-corrected chi connectivity index (χ0v) is 14.1. The molecular formula is C17H37NO2. The van der Waals surface area contributed by atoms with Crippen LogP contribution >= 0.6 is 0 Å². The number of hydrogen-bond acceptors (Lipinski definition) is 3. The van der Waals surface area contributed by atoms with Crippen LogP contribution < -0.4 is 5.32 Å². The second-order valence-corrected chi connectivity index (χ2v) is 5.56. The Morgan fingerprint density at radius 2 is 1.50 bits per heavy atom. The van der Waals surface area contributed by atoms with Crippen LogP contribution in [0.4, 0.5) is 0 Å². The number of methoxy groups -OCH3 is 1. The molecule has 0 aromatic rings. The third kappa shape index (κ3) is 14.3. The van der Waals surface area contributed by atoms with E-state index in [2.05, 4.69) is 19.2 Å². The molecule has 20 heavy (non-hydrogen) atoms. The Labute approximate surface area is 126 Å². The summed E-state index contributed by atoms with van der Waals surface area (Å²) < 4.78 is 10.5. The molecule has 0 amide bonds. The summed E-state index contributed by atoms with van der Waals surface area (Å²) in [5.41, 5.74) is 0. The van der Waals surface area contributed by atoms with E-state index in [4.69, 9.17) is 9.47 Å². The van der Waals surface area contributed by atoms with Crippen LogP contribution in [-0.4, -0.2) is 39.5 Å². The van der Waals surface area contributed by atoms with Crippen molar-refractivity contribution in [2.24, 2.45) is 0 Å². The van der Waals surface area contributed by atoms with Crippen molar-refractivity contribution in [1.82, 2.24) is 5.32 Å². The summed E-state index contributed by atoms with van der Waals surface area (Å²) in [6, 6.07) is 0.623. The third-order valence-corrected chi connectivity index (χ3v) is 3.69. The zero-order valence-electron chi connectivity index (χ0n) is 14.1. The zero-order chi connectivity index (χ0) is 14.9. The van der Waals surface area contributed by atoms with Gasteiger partial charge in [-0.1, -0.05) is 58.8 Å². The summed E-state index contributed by atoms with van der Waals surface area (Å²) in [4.78, 5) is 0. The average Bonchev–Trinajstić information content (AvgIpc) is 2.46. The molecule has 122 valence electrons. The van der Waals surface area contributed by atoms with E-state index >= 15 is 0 Å². The highest BCUT2D eigenvalue weighted by Crippen LogP contribution is 2.11. The van der Waals surface area contributed by atoms with Gasteiger partial charge in [0, 0.05) is 19.8 Å². The van der Waals surface area contributed by atoms with E-state index in [1.165, 1.54) is 51.4 Å². The molecule has 0 saturated carbocycles. The molecule has 0 saturated heterocycles. The molecule has 0 fully saturated rings. The number of nitrogens with one attached hydrogen (secondary N) is 1. The topological polar surface area (TPSA) is 30.5 Å². The summed E-state index contributed by atoms with van der Waals surface area (Å²) in [6.07, 6.45) is 12.1. The molecular weight excluding hydrogens is 250 g/mol. The first kappa shape index (κ1) is 19.9. The van der Waals surface area contributed by atoms with Crippen LogP contribution in [0.2, 0.25) is 0 Å². The molecule has 0 spiro atoms. The summed E-state index contributed by atoms with van der Waals surface area (Å²) in [7, 11) is 1.71. The van der Waals surface area contributed by atoms with E-state index in [0.29, 0.717) is 19.3 Å². The van der Waals surface area contributed by atoms with Crippen LogP contribution in [0.3, 0.4) is 0 Å². The first-order valence-corrected chi connectivity index (χ1v) is 8.65. The van der Waals surface area contributed by atoms with E-state index in [1.807, 2.05) is 0 Å². The van der Waals surface area contributed by atoms with E-state index in [9.17, 15) is 0 Å². The lowest BCUT2D eigenvalue weighted by Crippen LogP contribution is -2.30. The molecule has 0 heterocycles. The predicted octanol–water partition coefficient (Wildman–Crippen LogP) is 4.16. The Kier molecular flexibility index (Phi) is 16.8. The molecule has 0 aromatic carbocycles. The summed E-state index contributed by atoms with van der Waals surface area (Å²) >= 11 is 0. The number of rotatable bonds is 16. The van der Waals surface area contributed by atoms with E-state index in [0.717, 1.165) is 19.6 Å². The quantitative estimate of drug-likeness (QED) is 0.432. The van der Waals surface area contributed by atoms with Crippen molar-refractivity contribution in [3.8, 4) is 0 Å². The minimum Gasteiger partial charge on any atom is -0.382 e. The van der Waals surface area contributed by atoms with Gasteiger partial charge in [0.15, 0.2) is 0 Å². The van der Waals surface area contributed by atoms with E-state index in [-0.39, 0.29) is 0 Å². The van der Waals surface area contributed by atoms with Gasteiger partial charge in [0.25, 0.3) is 0 Å². The number of ether oxygens (including phenoxy) is 2. The highest BCUT2D eigenvalue weighted by molar-refractivity contribution is 4.66. The normalized spacial score (nSPS) is 12.8. The lowest BCUT2D eigenvalue weighted by molar-refractivity contribution is 0.0654. The minimum absolute atomic E-state index is 0.623. The SMILES string of the molecule is CCCCCCCCCC(CCOCCOC)NCC. The van der Waals surface area contributed by atoms with Crippen molar-refractivity contribution in [1.29, 1.82) is 0 Å². The van der Waals surface area contributed by atoms with Crippen LogP contribution in [0.1, 0.15) is 71.6 Å². The van der Waals surface area contributed by atoms with Gasteiger partial charge in [0.2, 0.25) is 0 Å². The van der Waals surface area contributed by atoms with Gasteiger partial charge in [-0.15, -0.1) is 0 Å². The Hall–Kier alpha value is -0.120. The largest absolute Gasteiger partial charge is 0.382 e. The van der Waals surface area contributed by atoms with Gasteiger partial charge in [-0.3, -0.25) is 0 Å². The standard InChI is InChI=1S/C17H37NO2/c1-4-6-7-8-9-10-11-12-17(18-5-2)13-14-20-16-15-19-3/h17-18H,4-16H2,1-3H3. The van der Waals surface area contributed by atoms with Crippen LogP contribution in [0.25, 0.3) is 0 Å². The second kappa shape index (κ2) is 16.9. The first-order valence-electron chi connectivity index (χ1n) is 8.65. The molecule has 1 N–H and O–H groups in total. The molecule has 0 radical (unpaired) electrons. The Balaban J connectivity index is 3.44. The van der Waals surface area contributed by atoms with Gasteiger partial charge in [-0.25, -0.2) is 0 Å². The molecule has 0 aliphatic heterocycles. The van der Waals surface area contributed by atoms with Crippen molar-refractivity contribution < 1.29 is 9.47 Å². The molecule has 1 unspecified atom stereocenters. The monoisotopic (exact) mass is 287 g/mol. The number of hydrogen-bond donors (Lipinski definition) is 1. The third-order valence-electron chi connectivity index (χ3n) is 3.69. The molecule has 0 rings (SSSR count). The molecule has 0 aliphatic rings. The minimum atomic E-state index is 0.623. The highest BCUT2D eigenvalue weighted by atomic mass is 16.5. The maximum Gasteiger partial charge on any atom is 0.0700 e. The maximum absolute atomic E-state index is 5.56. The maximum atomic E-state index is 5.56. The van der Waals surface area contributed by atoms with Gasteiger partial charge >= 0.3 is 0 Å². The first-order chi connectivity index (χ1) is 9.85. The van der Waals surface area contributed by atoms with Crippen molar-refractivity contribution >= 4 is 0 Å². The molecule has 3 heteroatoms. The molecule has 3 nitrogen and oxygen atoms in total. The smallest absolute Gasteiger partial charge is 0.0700 e. The molecule has 0 aliphatic carbocycles. The van der Waals surface area contributed by atoms with Gasteiger partial charge in [-0.05, 0) is 19.4 Å². The Morgan fingerprint density at radius 3 is 2.15 bits per heavy atom. The van der Waals surface area contributed by atoms with Gasteiger partial charge in [0.05, 0.1) is 13.2 Å². The Bertz CT molecular complexity index is 176. The van der Waals surface area contributed by atoms with Crippen LogP contribution in [0, 0.1) is 0 Å². The second-order valence-electron chi connectivity index (χ2n) is 5.56. The highest BCUT2D eigenvalue weighted by Gasteiger charge is 2.06. The van der Waals surface area contributed by atoms with Crippen LogP contribution in [0.5, 0.6) is 0 Å². The average molecular weight is 287 g/mol. The number of unbranched alkanes of at least 4 members (excludes halogenated alkanes) is 6. The van der Waals surface area contributed by atoms with Crippen LogP contribution in [-0.2, 0) is 9.47 Å². The van der Waals surface area contributed by atoms with Crippen molar-refractivity contribution in [3.63, 3.8) is 0 Å². The van der Waals surface area contributed by atoms with Crippen molar-refractivity contribution in [2.75, 3.05) is 33.5 Å². The fourth-order valence-corrected chi connectivity index (χ4v) is 2.45. The molecule has 0 bridgehead atoms. The summed E-state index contributed by atoms with van der Waals surface area (Å²) in [5, 5.41) is 3.57. The molecule has 0 aromatic heterocycles. The van der Waals surface area contributed by atoms with Crippen molar-refractivity contribution in [2.45, 2.75) is 77.7 Å². The fourth-order valence-electron chi connectivity index (χ4n) is 2.45. The summed E-state index contributed by atoms with van der Waals surface area (Å²) in [5.74, 6) is 0. The van der Waals surface area contributed by atoms with Gasteiger partial charge in [0.1, 0.15) is 0 Å². The lowest BCUT2D eigenvalue weighted by Gasteiger charge is -2.17. The van der Waals surface area contributed by atoms with E-state index < -0.39 is 0 Å². The predicted molar refractivity (Wildman–Crippen MR) is 87.4 cm³/mol. The van der Waals surface area contributed by atoms with E-state index in [1.54, 1.807) is 7.11 Å². The van der Waals surface area contributed by atoms with Gasteiger partial charge in [-0.2, -0.15) is 0 Å². The van der Waals surface area contributed by atoms with Gasteiger partial charge < -0.3 is 14.8 Å². The van der Waals surface area contributed by atoms with Crippen LogP contribution in [0.15, 0.2) is 0 Å². The summed E-state index contributed by atoms with van der Waals surface area (Å²) in [6.45, 7) is 7.77. The fraction of sp³-hybridized carbons (Fsp3) is 1.00. The van der Waals surface area contributed by atoms with Crippen molar-refractivity contribution in [3.05, 3.63) is 0 Å². The molecule has 1 atom stereocenters. The lowest BCUT2D eigenvalue weighted by atomic mass is 10.0.